The standard InChI is InChI=1S/C35H52N6O6S2/c1-24(42)47-29-9-8-25-15-27(33(45)30(16-25)46-2)21-41-22-35(20-32(41)44,19-26-10-12-38-31(36)17-26)11-13-39-34(37)40-23-49-48-14-6-4-3-5-7-28(43)18-29/h10,12,15-17,28-29,43,45H,3-9,11,13-14,18-23H2,1-2H3,(H2,36,38)(H3,37,39,40). The Hall–Kier alpha value is -3.36. The van der Waals surface area contributed by atoms with Crippen LogP contribution in [0.15, 0.2) is 35.5 Å². The Morgan fingerprint density at radius 2 is 1.98 bits per heavy atom. The Balaban J connectivity index is 1.58. The average Bonchev–Trinajstić information content (AvgIpc) is 3.34. The number of esters is 1. The smallest absolute Gasteiger partial charge is 0.302 e. The Morgan fingerprint density at radius 1 is 1.16 bits per heavy atom. The number of hydrogen-bond donors (Lipinski definition) is 5. The maximum Gasteiger partial charge on any atom is 0.302 e. The molecule has 0 saturated carbocycles. The molecule has 4 rings (SSSR count). The first-order chi connectivity index (χ1) is 23.6. The number of anilines is 1. The Bertz CT molecular complexity index is 1430. The van der Waals surface area contributed by atoms with Gasteiger partial charge in [0, 0.05) is 62.3 Å². The number of nitrogens with zero attached hydrogens (tertiary/aromatic N) is 3. The lowest BCUT2D eigenvalue weighted by Crippen LogP contribution is -2.37. The van der Waals surface area contributed by atoms with Crippen LogP contribution >= 0.6 is 21.6 Å². The average molecular weight is 717 g/mol. The molecule has 3 atom stereocenters. The normalized spacial score (nSPS) is 24.0. The van der Waals surface area contributed by atoms with Gasteiger partial charge in [0.2, 0.25) is 5.91 Å². The maximum atomic E-state index is 13.6. The van der Waals surface area contributed by atoms with Gasteiger partial charge in [-0.1, -0.05) is 46.9 Å². The van der Waals surface area contributed by atoms with Gasteiger partial charge < -0.3 is 41.4 Å². The quantitative estimate of drug-likeness (QED) is 0.220. The zero-order chi connectivity index (χ0) is 35.2. The van der Waals surface area contributed by atoms with Crippen molar-refractivity contribution in [2.45, 2.75) is 96.3 Å². The van der Waals surface area contributed by atoms with Crippen LogP contribution in [0.1, 0.15) is 81.4 Å². The molecule has 2 aliphatic heterocycles. The first kappa shape index (κ1) is 38.4. The summed E-state index contributed by atoms with van der Waals surface area (Å²) in [4.78, 5) is 35.9. The Kier molecular flexibility index (Phi) is 15.0. The van der Waals surface area contributed by atoms with Gasteiger partial charge in [0.1, 0.15) is 11.9 Å². The van der Waals surface area contributed by atoms with Gasteiger partial charge in [-0.25, -0.2) is 9.98 Å². The predicted molar refractivity (Wildman–Crippen MR) is 196 cm³/mol. The lowest BCUT2D eigenvalue weighted by molar-refractivity contribution is -0.148. The van der Waals surface area contributed by atoms with Crippen LogP contribution in [0.2, 0.25) is 0 Å². The van der Waals surface area contributed by atoms with Gasteiger partial charge in [-0.15, -0.1) is 0 Å². The minimum Gasteiger partial charge on any atom is -0.504 e. The van der Waals surface area contributed by atoms with Crippen LogP contribution < -0.4 is 21.5 Å². The second-order valence-electron chi connectivity index (χ2n) is 13.1. The van der Waals surface area contributed by atoms with Crippen molar-refractivity contribution in [3.05, 3.63) is 47.2 Å². The lowest BCUT2D eigenvalue weighted by atomic mass is 9.78. The van der Waals surface area contributed by atoms with Crippen LogP contribution in [0.3, 0.4) is 0 Å². The molecular weight excluding hydrogens is 665 g/mol. The van der Waals surface area contributed by atoms with Crippen LogP contribution in [-0.2, 0) is 33.7 Å². The van der Waals surface area contributed by atoms with Crippen molar-refractivity contribution in [1.29, 1.82) is 0 Å². The number of carbonyl (C=O) groups is 2. The van der Waals surface area contributed by atoms with E-state index in [1.807, 2.05) is 18.2 Å². The molecule has 14 heteroatoms. The summed E-state index contributed by atoms with van der Waals surface area (Å²) in [5.74, 6) is 2.26. The van der Waals surface area contributed by atoms with Crippen LogP contribution in [-0.4, -0.2) is 82.0 Å². The molecule has 2 aromatic rings. The van der Waals surface area contributed by atoms with E-state index in [2.05, 4.69) is 15.3 Å². The number of benzene rings is 1. The number of phenolic OH excluding ortho intramolecular Hbond substituents is 1. The summed E-state index contributed by atoms with van der Waals surface area (Å²) in [5.41, 5.74) is 14.2. The van der Waals surface area contributed by atoms with Crippen LogP contribution in [0.25, 0.3) is 0 Å². The van der Waals surface area contributed by atoms with E-state index in [1.54, 1.807) is 38.8 Å². The van der Waals surface area contributed by atoms with E-state index >= 15 is 0 Å². The number of amides is 1. The fourth-order valence-electron chi connectivity index (χ4n) is 6.70. The minimum atomic E-state index is -0.570. The number of aromatic hydroxyl groups is 1. The third kappa shape index (κ3) is 12.5. The first-order valence-electron chi connectivity index (χ1n) is 17.1. The third-order valence-electron chi connectivity index (χ3n) is 9.09. The summed E-state index contributed by atoms with van der Waals surface area (Å²) in [6.07, 6.45) is 8.41. The molecule has 2 aliphatic rings. The van der Waals surface area contributed by atoms with E-state index in [0.717, 1.165) is 42.6 Å². The highest BCUT2D eigenvalue weighted by Gasteiger charge is 2.43. The number of carbonyl (C=O) groups excluding carboxylic acids is 2. The highest BCUT2D eigenvalue weighted by atomic mass is 33.1. The van der Waals surface area contributed by atoms with Gasteiger partial charge in [-0.2, -0.15) is 0 Å². The van der Waals surface area contributed by atoms with Gasteiger partial charge in [-0.3, -0.25) is 9.59 Å². The number of nitrogens with one attached hydrogen (secondary N) is 1. The number of nitrogens with two attached hydrogens (primary N) is 2. The van der Waals surface area contributed by atoms with Crippen molar-refractivity contribution in [1.82, 2.24) is 15.2 Å². The molecule has 1 aromatic carbocycles. The summed E-state index contributed by atoms with van der Waals surface area (Å²) in [5, 5.41) is 25.2. The lowest BCUT2D eigenvalue weighted by Gasteiger charge is -2.29. The first-order valence-corrected chi connectivity index (χ1v) is 19.5. The molecule has 3 unspecified atom stereocenters. The topological polar surface area (TPSA) is 186 Å². The molecule has 1 amide bonds. The van der Waals surface area contributed by atoms with Crippen molar-refractivity contribution < 1.29 is 29.3 Å². The molecule has 49 heavy (non-hydrogen) atoms. The molecule has 12 nitrogen and oxygen atoms in total. The van der Waals surface area contributed by atoms with Crippen molar-refractivity contribution in [2.75, 3.05) is 37.6 Å². The fraction of sp³-hybridized carbons (Fsp3) is 0.600. The van der Waals surface area contributed by atoms with E-state index in [4.69, 9.17) is 20.9 Å². The number of aliphatic imine (C=N–C) groups is 1. The third-order valence-corrected chi connectivity index (χ3v) is 11.3. The van der Waals surface area contributed by atoms with Crippen LogP contribution in [0.5, 0.6) is 11.5 Å². The predicted octanol–water partition coefficient (Wildman–Crippen LogP) is 4.55. The zero-order valence-electron chi connectivity index (χ0n) is 28.7. The van der Waals surface area contributed by atoms with Crippen LogP contribution in [0.4, 0.5) is 5.82 Å². The number of hydrogen-bond acceptors (Lipinski definition) is 13. The summed E-state index contributed by atoms with van der Waals surface area (Å²) in [7, 11) is 4.94. The number of aliphatic hydroxyl groups excluding tert-OH is 1. The van der Waals surface area contributed by atoms with Crippen molar-refractivity contribution in [3.63, 3.8) is 0 Å². The minimum absolute atomic E-state index is 0.0119. The second-order valence-corrected chi connectivity index (χ2v) is 15.7. The Morgan fingerprint density at radius 3 is 2.76 bits per heavy atom. The van der Waals surface area contributed by atoms with Gasteiger partial charge in [0.15, 0.2) is 17.5 Å². The molecule has 0 radical (unpaired) electrons. The van der Waals surface area contributed by atoms with Gasteiger partial charge in [0.25, 0.3) is 0 Å². The van der Waals surface area contributed by atoms with E-state index < -0.39 is 17.6 Å². The summed E-state index contributed by atoms with van der Waals surface area (Å²) >= 11 is 0. The number of guanidine groups is 1. The van der Waals surface area contributed by atoms with E-state index in [1.165, 1.54) is 14.0 Å². The number of phenols is 1. The molecule has 0 aliphatic carbocycles. The van der Waals surface area contributed by atoms with E-state index in [9.17, 15) is 19.8 Å². The fourth-order valence-corrected chi connectivity index (χ4v) is 8.49. The maximum absolute atomic E-state index is 13.6. The molecule has 1 saturated heterocycles. The molecule has 270 valence electrons. The molecule has 3 heterocycles. The van der Waals surface area contributed by atoms with E-state index in [0.29, 0.717) is 87.0 Å². The number of rotatable bonds is 4. The van der Waals surface area contributed by atoms with Crippen molar-refractivity contribution >= 4 is 45.2 Å². The highest BCUT2D eigenvalue weighted by molar-refractivity contribution is 8.76. The van der Waals surface area contributed by atoms with Gasteiger partial charge in [0.05, 0.1) is 19.1 Å². The number of fused-ring (bicyclic) bond motifs is 4. The molecule has 1 aromatic heterocycles. The molecule has 4 bridgehead atoms. The number of nitrogen functional groups attached to an aromatic ring is 1. The van der Waals surface area contributed by atoms with Crippen molar-refractivity contribution in [2.24, 2.45) is 16.1 Å². The summed E-state index contributed by atoms with van der Waals surface area (Å²) in [6.45, 7) is 2.60. The number of ether oxygens (including phenoxy) is 2. The highest BCUT2D eigenvalue weighted by Crippen LogP contribution is 2.41. The zero-order valence-corrected chi connectivity index (χ0v) is 30.3. The molecule has 0 spiro atoms. The number of aryl methyl sites for hydroxylation is 1. The van der Waals surface area contributed by atoms with Crippen LogP contribution in [0, 0.1) is 5.41 Å². The second kappa shape index (κ2) is 19.1. The van der Waals surface area contributed by atoms with Crippen molar-refractivity contribution in [3.8, 4) is 11.5 Å². The SMILES string of the molecule is COc1cc2cc(c1O)CN1CC(Cc3ccnc(N)c3)(CCNC(N)=NCSSCCCCCCC(O)CC(OC(C)=O)CC2)CC1=O. The number of pyridine rings is 1. The molecule has 1 fully saturated rings. The largest absolute Gasteiger partial charge is 0.504 e. The number of aromatic nitrogens is 1. The van der Waals surface area contributed by atoms with Gasteiger partial charge >= 0.3 is 5.97 Å². The summed E-state index contributed by atoms with van der Waals surface area (Å²) in [6, 6.07) is 7.43. The molecular formula is C35H52N6O6S2. The number of aliphatic hydroxyl groups is 1. The Labute approximate surface area is 297 Å². The number of methoxy groups -OCH3 is 1. The summed E-state index contributed by atoms with van der Waals surface area (Å²) < 4.78 is 11.1. The monoisotopic (exact) mass is 716 g/mol. The molecule has 7 N–H and O–H groups in total. The van der Waals surface area contributed by atoms with E-state index in [-0.39, 0.29) is 24.2 Å². The van der Waals surface area contributed by atoms with Gasteiger partial charge in [-0.05, 0) is 67.9 Å².